The van der Waals surface area contributed by atoms with Crippen molar-refractivity contribution in [3.8, 4) is 0 Å². The van der Waals surface area contributed by atoms with Gasteiger partial charge >= 0.3 is 0 Å². The van der Waals surface area contributed by atoms with Gasteiger partial charge in [-0.1, -0.05) is 12.1 Å². The van der Waals surface area contributed by atoms with Gasteiger partial charge in [0.2, 0.25) is 0 Å². The fraction of sp³-hybridized carbons (Fsp3) is 0.312. The molecule has 0 saturated carbocycles. The monoisotopic (exact) mass is 271 g/mol. The van der Waals surface area contributed by atoms with Gasteiger partial charge in [-0.3, -0.25) is 4.79 Å². The van der Waals surface area contributed by atoms with Crippen molar-refractivity contribution in [3.63, 3.8) is 0 Å². The maximum absolute atomic E-state index is 11.5. The van der Waals surface area contributed by atoms with Crippen LogP contribution in [0.4, 0.5) is 11.4 Å². The molecule has 0 fully saturated rings. The number of hydrogen-bond donors (Lipinski definition) is 1. The molecule has 1 heterocycles. The average Bonchev–Trinajstić information content (AvgIpc) is 2.46. The molecule has 1 aromatic heterocycles. The van der Waals surface area contributed by atoms with Crippen LogP contribution in [0, 0.1) is 0 Å². The maximum Gasteiger partial charge on any atom is 0.250 e. The zero-order chi connectivity index (χ0) is 14.5. The van der Waals surface area contributed by atoms with Gasteiger partial charge in [-0.25, -0.2) is 0 Å². The Kier molecular flexibility index (Phi) is 4.45. The summed E-state index contributed by atoms with van der Waals surface area (Å²) >= 11 is 0. The van der Waals surface area contributed by atoms with Crippen LogP contribution in [0.5, 0.6) is 0 Å². The van der Waals surface area contributed by atoms with Crippen LogP contribution in [0.2, 0.25) is 0 Å². The Hall–Kier alpha value is -2.23. The molecule has 0 aliphatic carbocycles. The number of benzene rings is 1. The molecular weight excluding hydrogens is 250 g/mol. The van der Waals surface area contributed by atoms with E-state index in [1.165, 1.54) is 11.3 Å². The third-order valence-electron chi connectivity index (χ3n) is 3.27. The summed E-state index contributed by atoms with van der Waals surface area (Å²) in [5.74, 6) is 0. The van der Waals surface area contributed by atoms with Crippen molar-refractivity contribution in [2.45, 2.75) is 20.0 Å². The normalized spacial score (nSPS) is 10.3. The first kappa shape index (κ1) is 14.2. The molecule has 106 valence electrons. The summed E-state index contributed by atoms with van der Waals surface area (Å²) in [5.41, 5.74) is 3.40. The van der Waals surface area contributed by atoms with E-state index in [1.54, 1.807) is 10.6 Å². The van der Waals surface area contributed by atoms with E-state index in [1.807, 2.05) is 33.3 Å². The van der Waals surface area contributed by atoms with Gasteiger partial charge in [0.15, 0.2) is 0 Å². The Labute approximate surface area is 119 Å². The Morgan fingerprint density at radius 2 is 1.80 bits per heavy atom. The molecule has 4 nitrogen and oxygen atoms in total. The molecule has 2 aromatic rings. The highest BCUT2D eigenvalue weighted by molar-refractivity contribution is 5.47. The van der Waals surface area contributed by atoms with Crippen LogP contribution in [0.15, 0.2) is 47.4 Å². The van der Waals surface area contributed by atoms with Crippen LogP contribution in [-0.2, 0) is 13.1 Å². The van der Waals surface area contributed by atoms with Gasteiger partial charge in [0.05, 0.1) is 5.69 Å². The number of rotatable bonds is 5. The minimum absolute atomic E-state index is 0.0355. The molecule has 20 heavy (non-hydrogen) atoms. The third kappa shape index (κ3) is 3.41. The van der Waals surface area contributed by atoms with Crippen molar-refractivity contribution in [2.24, 2.45) is 0 Å². The second kappa shape index (κ2) is 6.28. The lowest BCUT2D eigenvalue weighted by Gasteiger charge is -2.13. The zero-order valence-corrected chi connectivity index (χ0v) is 12.3. The molecule has 0 aliphatic rings. The highest BCUT2D eigenvalue weighted by Crippen LogP contribution is 2.13. The standard InChI is InChI=1S/C16H21N3O/c1-4-19-12-14(7-10-16(19)20)17-11-13-5-8-15(9-6-13)18(2)3/h5-10,12,17H,4,11H2,1-3H3. The van der Waals surface area contributed by atoms with Gasteiger partial charge in [0, 0.05) is 45.1 Å². The summed E-state index contributed by atoms with van der Waals surface area (Å²) < 4.78 is 1.69. The molecule has 4 heteroatoms. The Morgan fingerprint density at radius 1 is 1.10 bits per heavy atom. The van der Waals surface area contributed by atoms with E-state index < -0.39 is 0 Å². The molecule has 1 N–H and O–H groups in total. The highest BCUT2D eigenvalue weighted by Gasteiger charge is 1.99. The molecule has 0 atom stereocenters. The summed E-state index contributed by atoms with van der Waals surface area (Å²) in [6, 6.07) is 11.8. The summed E-state index contributed by atoms with van der Waals surface area (Å²) in [5, 5.41) is 3.34. The van der Waals surface area contributed by atoms with Gasteiger partial charge in [-0.2, -0.15) is 0 Å². The summed E-state index contributed by atoms with van der Waals surface area (Å²) in [4.78, 5) is 13.6. The fourth-order valence-corrected chi connectivity index (χ4v) is 2.00. The highest BCUT2D eigenvalue weighted by atomic mass is 16.1. The molecule has 0 radical (unpaired) electrons. The smallest absolute Gasteiger partial charge is 0.250 e. The molecular formula is C16H21N3O. The second-order valence-electron chi connectivity index (χ2n) is 4.96. The molecule has 1 aromatic carbocycles. The summed E-state index contributed by atoms with van der Waals surface area (Å²) in [6.07, 6.45) is 1.86. The van der Waals surface area contributed by atoms with Gasteiger partial charge in [0.25, 0.3) is 5.56 Å². The zero-order valence-electron chi connectivity index (χ0n) is 12.3. The topological polar surface area (TPSA) is 37.3 Å². The van der Waals surface area contributed by atoms with Crippen LogP contribution in [0.3, 0.4) is 0 Å². The number of nitrogens with zero attached hydrogens (tertiary/aromatic N) is 2. The molecule has 2 rings (SSSR count). The fourth-order valence-electron chi connectivity index (χ4n) is 2.00. The number of hydrogen-bond acceptors (Lipinski definition) is 3. The van der Waals surface area contributed by atoms with E-state index in [-0.39, 0.29) is 5.56 Å². The van der Waals surface area contributed by atoms with Crippen LogP contribution in [-0.4, -0.2) is 18.7 Å². The predicted molar refractivity (Wildman–Crippen MR) is 84.5 cm³/mol. The van der Waals surface area contributed by atoms with Crippen LogP contribution >= 0.6 is 0 Å². The first-order valence-electron chi connectivity index (χ1n) is 6.81. The first-order chi connectivity index (χ1) is 9.60. The lowest BCUT2D eigenvalue weighted by atomic mass is 10.2. The largest absolute Gasteiger partial charge is 0.380 e. The van der Waals surface area contributed by atoms with Crippen LogP contribution in [0.1, 0.15) is 12.5 Å². The van der Waals surface area contributed by atoms with Gasteiger partial charge in [-0.05, 0) is 30.7 Å². The molecule has 0 bridgehead atoms. The van der Waals surface area contributed by atoms with E-state index in [0.717, 1.165) is 12.2 Å². The minimum Gasteiger partial charge on any atom is -0.380 e. The molecule has 0 amide bonds. The number of aryl methyl sites for hydroxylation is 1. The van der Waals surface area contributed by atoms with Gasteiger partial charge < -0.3 is 14.8 Å². The Balaban J connectivity index is 2.03. The first-order valence-corrected chi connectivity index (χ1v) is 6.81. The van der Waals surface area contributed by atoms with E-state index >= 15 is 0 Å². The van der Waals surface area contributed by atoms with E-state index in [9.17, 15) is 4.79 Å². The lowest BCUT2D eigenvalue weighted by molar-refractivity contribution is 0.727. The predicted octanol–water partition coefficient (Wildman–Crippen LogP) is 2.55. The molecule has 0 unspecified atom stereocenters. The Bertz CT molecular complexity index is 614. The maximum atomic E-state index is 11.5. The number of nitrogens with one attached hydrogen (secondary N) is 1. The van der Waals surface area contributed by atoms with E-state index in [2.05, 4.69) is 34.5 Å². The van der Waals surface area contributed by atoms with Crippen molar-refractivity contribution < 1.29 is 0 Å². The van der Waals surface area contributed by atoms with Gasteiger partial charge in [-0.15, -0.1) is 0 Å². The van der Waals surface area contributed by atoms with Crippen LogP contribution < -0.4 is 15.8 Å². The third-order valence-corrected chi connectivity index (χ3v) is 3.27. The summed E-state index contributed by atoms with van der Waals surface area (Å²) in [6.45, 7) is 3.40. The SMILES string of the molecule is CCn1cc(NCc2ccc(N(C)C)cc2)ccc1=O. The van der Waals surface area contributed by atoms with Gasteiger partial charge in [0.1, 0.15) is 0 Å². The number of aromatic nitrogens is 1. The average molecular weight is 271 g/mol. The molecule has 0 aliphatic heterocycles. The number of pyridine rings is 1. The molecule has 0 saturated heterocycles. The van der Waals surface area contributed by atoms with Crippen molar-refractivity contribution >= 4 is 11.4 Å². The quantitative estimate of drug-likeness (QED) is 0.908. The van der Waals surface area contributed by atoms with Crippen molar-refractivity contribution in [3.05, 3.63) is 58.5 Å². The van der Waals surface area contributed by atoms with Crippen molar-refractivity contribution in [1.82, 2.24) is 4.57 Å². The van der Waals surface area contributed by atoms with Crippen molar-refractivity contribution in [2.75, 3.05) is 24.3 Å². The molecule has 0 spiro atoms. The van der Waals surface area contributed by atoms with Crippen LogP contribution in [0.25, 0.3) is 0 Å². The van der Waals surface area contributed by atoms with E-state index in [4.69, 9.17) is 0 Å². The van der Waals surface area contributed by atoms with E-state index in [0.29, 0.717) is 6.54 Å². The number of anilines is 2. The minimum atomic E-state index is 0.0355. The van der Waals surface area contributed by atoms with Crippen molar-refractivity contribution in [1.29, 1.82) is 0 Å². The second-order valence-corrected chi connectivity index (χ2v) is 4.96. The lowest BCUT2D eigenvalue weighted by Crippen LogP contribution is -2.17. The summed E-state index contributed by atoms with van der Waals surface area (Å²) in [7, 11) is 4.06. The Morgan fingerprint density at radius 3 is 2.40 bits per heavy atom.